The van der Waals surface area contributed by atoms with Crippen LogP contribution >= 0.6 is 0 Å². The van der Waals surface area contributed by atoms with E-state index in [2.05, 4.69) is 38.6 Å². The summed E-state index contributed by atoms with van der Waals surface area (Å²) in [7, 11) is 0. The molecule has 6 nitrogen and oxygen atoms in total. The second-order valence-electron chi connectivity index (χ2n) is 6.51. The highest BCUT2D eigenvalue weighted by Gasteiger charge is 2.40. The van der Waals surface area contributed by atoms with Crippen molar-refractivity contribution in [1.82, 2.24) is 19.9 Å². The van der Waals surface area contributed by atoms with E-state index < -0.39 is 0 Å². The van der Waals surface area contributed by atoms with E-state index in [-0.39, 0.29) is 0 Å². The maximum atomic E-state index is 5.06. The van der Waals surface area contributed by atoms with Gasteiger partial charge in [-0.15, -0.1) is 0 Å². The van der Waals surface area contributed by atoms with Gasteiger partial charge in [0, 0.05) is 44.0 Å². The van der Waals surface area contributed by atoms with E-state index >= 15 is 0 Å². The first-order valence-corrected chi connectivity index (χ1v) is 7.83. The molecule has 2 aromatic rings. The number of anilines is 1. The summed E-state index contributed by atoms with van der Waals surface area (Å²) in [6, 6.07) is 0. The molecule has 0 radical (unpaired) electrons. The van der Waals surface area contributed by atoms with Crippen molar-refractivity contribution in [3.05, 3.63) is 35.9 Å². The zero-order chi connectivity index (χ0) is 15.1. The quantitative estimate of drug-likeness (QED) is 0.859. The van der Waals surface area contributed by atoms with Crippen LogP contribution in [-0.2, 0) is 6.54 Å². The maximum Gasteiger partial charge on any atom is 0.180 e. The Bertz CT molecular complexity index is 643. The number of fused-ring (bicyclic) bond motifs is 1. The lowest BCUT2D eigenvalue weighted by Crippen LogP contribution is -2.29. The van der Waals surface area contributed by atoms with Gasteiger partial charge in [-0.25, -0.2) is 15.0 Å². The molecule has 2 aliphatic heterocycles. The van der Waals surface area contributed by atoms with E-state index in [0.29, 0.717) is 0 Å². The second kappa shape index (κ2) is 5.35. The fourth-order valence-electron chi connectivity index (χ4n) is 3.78. The molecule has 0 bridgehead atoms. The van der Waals surface area contributed by atoms with Crippen molar-refractivity contribution < 1.29 is 4.42 Å². The van der Waals surface area contributed by atoms with E-state index in [9.17, 15) is 0 Å². The molecule has 2 fully saturated rings. The summed E-state index contributed by atoms with van der Waals surface area (Å²) >= 11 is 0. The standard InChI is InChI=1S/C16H21N5O/c1-11-12(2)17-9-18-16(11)21-5-13-3-20(4-14(13)6-21)7-15-8-22-10-19-15/h8-10,13-14H,3-7H2,1-2H3. The van der Waals surface area contributed by atoms with Crippen LogP contribution in [0.3, 0.4) is 0 Å². The Balaban J connectivity index is 1.42. The molecule has 2 aliphatic rings. The van der Waals surface area contributed by atoms with Gasteiger partial charge in [-0.1, -0.05) is 0 Å². The molecule has 2 aromatic heterocycles. The van der Waals surface area contributed by atoms with Gasteiger partial charge in [0.1, 0.15) is 18.4 Å². The van der Waals surface area contributed by atoms with E-state index in [4.69, 9.17) is 4.42 Å². The minimum atomic E-state index is 0.724. The smallest absolute Gasteiger partial charge is 0.180 e. The molecule has 0 spiro atoms. The summed E-state index contributed by atoms with van der Waals surface area (Å²) in [5.41, 5.74) is 3.32. The molecule has 6 heteroatoms. The highest BCUT2D eigenvalue weighted by Crippen LogP contribution is 2.34. The van der Waals surface area contributed by atoms with Crippen LogP contribution in [0.4, 0.5) is 5.82 Å². The van der Waals surface area contributed by atoms with Gasteiger partial charge in [-0.2, -0.15) is 0 Å². The highest BCUT2D eigenvalue weighted by atomic mass is 16.3. The van der Waals surface area contributed by atoms with Gasteiger partial charge < -0.3 is 9.32 Å². The van der Waals surface area contributed by atoms with Crippen LogP contribution in [0.2, 0.25) is 0 Å². The molecule has 4 heterocycles. The molecule has 22 heavy (non-hydrogen) atoms. The zero-order valence-corrected chi connectivity index (χ0v) is 13.1. The number of nitrogens with zero attached hydrogens (tertiary/aromatic N) is 5. The van der Waals surface area contributed by atoms with Crippen LogP contribution in [0.15, 0.2) is 23.4 Å². The molecule has 0 saturated carbocycles. The molecule has 2 unspecified atom stereocenters. The van der Waals surface area contributed by atoms with Crippen LogP contribution in [0.25, 0.3) is 0 Å². The third-order valence-electron chi connectivity index (χ3n) is 5.04. The van der Waals surface area contributed by atoms with Gasteiger partial charge in [0.2, 0.25) is 0 Å². The molecule has 2 saturated heterocycles. The molecule has 116 valence electrons. The van der Waals surface area contributed by atoms with Crippen molar-refractivity contribution >= 4 is 5.82 Å². The van der Waals surface area contributed by atoms with Crippen molar-refractivity contribution in [2.24, 2.45) is 11.8 Å². The summed E-state index contributed by atoms with van der Waals surface area (Å²) in [6.07, 6.45) is 4.93. The third kappa shape index (κ3) is 2.37. The molecule has 0 aromatic carbocycles. The van der Waals surface area contributed by atoms with Gasteiger partial charge in [0.15, 0.2) is 6.39 Å². The van der Waals surface area contributed by atoms with Crippen molar-refractivity contribution in [2.45, 2.75) is 20.4 Å². The topological polar surface area (TPSA) is 58.3 Å². The molecular formula is C16H21N5O. The third-order valence-corrected chi connectivity index (χ3v) is 5.04. The number of hydrogen-bond acceptors (Lipinski definition) is 6. The van der Waals surface area contributed by atoms with Crippen molar-refractivity contribution in [1.29, 1.82) is 0 Å². The predicted octanol–water partition coefficient (Wildman–Crippen LogP) is 1.65. The van der Waals surface area contributed by atoms with Gasteiger partial charge in [-0.3, -0.25) is 4.90 Å². The molecule has 0 N–H and O–H groups in total. The first-order valence-electron chi connectivity index (χ1n) is 7.83. The van der Waals surface area contributed by atoms with E-state index in [1.807, 2.05) is 0 Å². The zero-order valence-electron chi connectivity index (χ0n) is 13.1. The molecule has 2 atom stereocenters. The van der Waals surface area contributed by atoms with E-state index in [1.165, 1.54) is 12.0 Å². The molecule has 4 rings (SSSR count). The number of oxazole rings is 1. The lowest BCUT2D eigenvalue weighted by Gasteiger charge is -2.23. The maximum absolute atomic E-state index is 5.06. The van der Waals surface area contributed by atoms with Crippen LogP contribution in [0.5, 0.6) is 0 Å². The number of aromatic nitrogens is 3. The fourth-order valence-corrected chi connectivity index (χ4v) is 3.78. The van der Waals surface area contributed by atoms with Crippen LogP contribution in [0.1, 0.15) is 17.0 Å². The molecule has 0 aliphatic carbocycles. The van der Waals surface area contributed by atoms with Crippen molar-refractivity contribution in [2.75, 3.05) is 31.1 Å². The lowest BCUT2D eigenvalue weighted by atomic mass is 10.0. The summed E-state index contributed by atoms with van der Waals surface area (Å²) in [5, 5.41) is 0. The summed E-state index contributed by atoms with van der Waals surface area (Å²) in [6.45, 7) is 9.53. The normalized spacial score (nSPS) is 24.9. The Morgan fingerprint density at radius 1 is 1.09 bits per heavy atom. The average Bonchev–Trinajstić information content (AvgIpc) is 3.18. The number of aryl methyl sites for hydroxylation is 1. The lowest BCUT2D eigenvalue weighted by molar-refractivity contribution is 0.304. The van der Waals surface area contributed by atoms with Gasteiger partial charge >= 0.3 is 0 Å². The monoisotopic (exact) mass is 299 g/mol. The largest absolute Gasteiger partial charge is 0.451 e. The Hall–Kier alpha value is -1.95. The van der Waals surface area contributed by atoms with E-state index in [0.717, 1.165) is 61.8 Å². The van der Waals surface area contributed by atoms with Gasteiger partial charge in [0.05, 0.1) is 5.69 Å². The first kappa shape index (κ1) is 13.7. The minimum Gasteiger partial charge on any atom is -0.451 e. The SMILES string of the molecule is Cc1ncnc(N2CC3CN(Cc4cocn4)CC3C2)c1C. The van der Waals surface area contributed by atoms with Crippen LogP contribution < -0.4 is 4.90 Å². The molecule has 0 amide bonds. The van der Waals surface area contributed by atoms with Crippen molar-refractivity contribution in [3.63, 3.8) is 0 Å². The number of rotatable bonds is 3. The van der Waals surface area contributed by atoms with Crippen LogP contribution in [0, 0.1) is 25.7 Å². The van der Waals surface area contributed by atoms with Crippen LogP contribution in [-0.4, -0.2) is 46.0 Å². The summed E-state index contributed by atoms with van der Waals surface area (Å²) < 4.78 is 5.06. The summed E-state index contributed by atoms with van der Waals surface area (Å²) in [4.78, 5) is 17.9. The highest BCUT2D eigenvalue weighted by molar-refractivity contribution is 5.48. The fraction of sp³-hybridized carbons (Fsp3) is 0.562. The number of hydrogen-bond donors (Lipinski definition) is 0. The molecular weight excluding hydrogens is 278 g/mol. The van der Waals surface area contributed by atoms with Gasteiger partial charge in [-0.05, 0) is 25.7 Å². The average molecular weight is 299 g/mol. The Morgan fingerprint density at radius 2 is 1.86 bits per heavy atom. The van der Waals surface area contributed by atoms with Gasteiger partial charge in [0.25, 0.3) is 0 Å². The van der Waals surface area contributed by atoms with Crippen molar-refractivity contribution in [3.8, 4) is 0 Å². The Morgan fingerprint density at radius 3 is 2.55 bits per heavy atom. The van der Waals surface area contributed by atoms with E-state index in [1.54, 1.807) is 12.6 Å². The Kier molecular flexibility index (Phi) is 3.33. The number of likely N-dealkylation sites (tertiary alicyclic amines) is 1. The minimum absolute atomic E-state index is 0.724. The predicted molar refractivity (Wildman–Crippen MR) is 82.5 cm³/mol. The Labute approximate surface area is 130 Å². The first-order chi connectivity index (χ1) is 10.7. The second-order valence-corrected chi connectivity index (χ2v) is 6.51. The summed E-state index contributed by atoms with van der Waals surface area (Å²) in [5.74, 6) is 2.56.